The maximum absolute atomic E-state index is 12.1. The van der Waals surface area contributed by atoms with Crippen LogP contribution in [0.4, 0.5) is 0 Å². The molecule has 3 rings (SSSR count). The molecule has 0 saturated carbocycles. The molecule has 0 fully saturated rings. The van der Waals surface area contributed by atoms with Gasteiger partial charge >= 0.3 is 0 Å². The predicted octanol–water partition coefficient (Wildman–Crippen LogP) is 2.84. The molecule has 0 unspecified atom stereocenters. The summed E-state index contributed by atoms with van der Waals surface area (Å²) in [6.07, 6.45) is 1.61. The molecule has 0 bridgehead atoms. The van der Waals surface area contributed by atoms with Gasteiger partial charge in [-0.25, -0.2) is 18.1 Å². The maximum Gasteiger partial charge on any atom is 0.216 e. The molecule has 22 heavy (non-hydrogen) atoms. The molecular weight excluding hydrogens is 322 g/mol. The molecule has 0 atom stereocenters. The zero-order valence-corrected chi connectivity index (χ0v) is 13.2. The van der Waals surface area contributed by atoms with Crippen molar-refractivity contribution in [1.29, 1.82) is 0 Å². The standard InChI is InChI=1S/C15H14ClN3O2S/c16-13-4-1-11(2-5-13)9-22(20,21)19-8-12-3-6-14-15(7-12)18-10-17-14/h1-7,10,19H,8-9H2,(H,17,18). The number of hydrogen-bond donors (Lipinski definition) is 2. The third-order valence-electron chi connectivity index (χ3n) is 3.25. The van der Waals surface area contributed by atoms with Crippen LogP contribution in [0.15, 0.2) is 48.8 Å². The SMILES string of the molecule is O=S(=O)(Cc1ccc(Cl)cc1)NCc1ccc2nc[nH]c2c1. The van der Waals surface area contributed by atoms with Crippen LogP contribution in [0.2, 0.25) is 5.02 Å². The molecule has 0 aliphatic heterocycles. The molecule has 7 heteroatoms. The van der Waals surface area contributed by atoms with E-state index >= 15 is 0 Å². The Morgan fingerprint density at radius 2 is 1.82 bits per heavy atom. The molecule has 5 nitrogen and oxygen atoms in total. The van der Waals surface area contributed by atoms with Crippen LogP contribution in [0.5, 0.6) is 0 Å². The number of rotatable bonds is 5. The number of hydrogen-bond acceptors (Lipinski definition) is 3. The lowest BCUT2D eigenvalue weighted by Crippen LogP contribution is -2.24. The van der Waals surface area contributed by atoms with Crippen molar-refractivity contribution in [1.82, 2.24) is 14.7 Å². The van der Waals surface area contributed by atoms with Gasteiger partial charge < -0.3 is 4.98 Å². The van der Waals surface area contributed by atoms with Crippen molar-refractivity contribution in [2.45, 2.75) is 12.3 Å². The van der Waals surface area contributed by atoms with Crippen LogP contribution in [0, 0.1) is 0 Å². The number of nitrogens with zero attached hydrogens (tertiary/aromatic N) is 1. The Balaban J connectivity index is 1.67. The van der Waals surface area contributed by atoms with Crippen molar-refractivity contribution in [2.24, 2.45) is 0 Å². The lowest BCUT2D eigenvalue weighted by Gasteiger charge is -2.07. The van der Waals surface area contributed by atoms with Gasteiger partial charge in [-0.3, -0.25) is 0 Å². The fourth-order valence-corrected chi connectivity index (χ4v) is 3.38. The summed E-state index contributed by atoms with van der Waals surface area (Å²) in [6.45, 7) is 0.241. The maximum atomic E-state index is 12.1. The highest BCUT2D eigenvalue weighted by molar-refractivity contribution is 7.88. The molecule has 0 aliphatic rings. The largest absolute Gasteiger partial charge is 0.345 e. The molecule has 0 amide bonds. The van der Waals surface area contributed by atoms with Crippen molar-refractivity contribution in [3.63, 3.8) is 0 Å². The summed E-state index contributed by atoms with van der Waals surface area (Å²) in [5.41, 5.74) is 3.31. The van der Waals surface area contributed by atoms with Gasteiger partial charge in [-0.2, -0.15) is 0 Å². The number of imidazole rings is 1. The molecule has 114 valence electrons. The van der Waals surface area contributed by atoms with E-state index in [1.807, 2.05) is 18.2 Å². The number of aromatic amines is 1. The van der Waals surface area contributed by atoms with Gasteiger partial charge in [-0.1, -0.05) is 29.8 Å². The second-order valence-corrected chi connectivity index (χ2v) is 7.20. The van der Waals surface area contributed by atoms with Gasteiger partial charge in [0.05, 0.1) is 23.1 Å². The molecular formula is C15H14ClN3O2S. The third-order valence-corrected chi connectivity index (χ3v) is 4.80. The van der Waals surface area contributed by atoms with E-state index in [1.54, 1.807) is 30.6 Å². The van der Waals surface area contributed by atoms with Crippen molar-refractivity contribution >= 4 is 32.7 Å². The van der Waals surface area contributed by atoms with Gasteiger partial charge in [0.2, 0.25) is 10.0 Å². The van der Waals surface area contributed by atoms with Gasteiger partial charge in [0.25, 0.3) is 0 Å². The lowest BCUT2D eigenvalue weighted by molar-refractivity contribution is 0.580. The number of sulfonamides is 1. The Morgan fingerprint density at radius 1 is 1.09 bits per heavy atom. The van der Waals surface area contributed by atoms with E-state index in [0.29, 0.717) is 10.6 Å². The van der Waals surface area contributed by atoms with Crippen LogP contribution in [-0.2, 0) is 22.3 Å². The van der Waals surface area contributed by atoms with Gasteiger partial charge in [0.15, 0.2) is 0 Å². The summed E-state index contributed by atoms with van der Waals surface area (Å²) in [4.78, 5) is 7.13. The number of H-pyrrole nitrogens is 1. The topological polar surface area (TPSA) is 74.8 Å². The average molecular weight is 336 g/mol. The van der Waals surface area contributed by atoms with Gasteiger partial charge in [-0.15, -0.1) is 0 Å². The number of nitrogens with one attached hydrogen (secondary N) is 2. The van der Waals surface area contributed by atoms with Crippen molar-refractivity contribution < 1.29 is 8.42 Å². The summed E-state index contributed by atoms with van der Waals surface area (Å²) in [5, 5.41) is 0.585. The summed E-state index contributed by atoms with van der Waals surface area (Å²) < 4.78 is 26.8. The summed E-state index contributed by atoms with van der Waals surface area (Å²) in [5.74, 6) is -0.0729. The summed E-state index contributed by atoms with van der Waals surface area (Å²) >= 11 is 5.79. The van der Waals surface area contributed by atoms with E-state index in [4.69, 9.17) is 11.6 Å². The fraction of sp³-hybridized carbons (Fsp3) is 0.133. The zero-order chi connectivity index (χ0) is 15.6. The van der Waals surface area contributed by atoms with Gasteiger partial charge in [0, 0.05) is 11.6 Å². The van der Waals surface area contributed by atoms with Crippen LogP contribution < -0.4 is 4.72 Å². The third kappa shape index (κ3) is 3.65. The Morgan fingerprint density at radius 3 is 2.59 bits per heavy atom. The number of aromatic nitrogens is 2. The fourth-order valence-electron chi connectivity index (χ4n) is 2.14. The van der Waals surface area contributed by atoms with Crippen LogP contribution in [0.3, 0.4) is 0 Å². The van der Waals surface area contributed by atoms with E-state index in [9.17, 15) is 8.42 Å². The number of fused-ring (bicyclic) bond motifs is 1. The first kappa shape index (κ1) is 15.0. The smallest absolute Gasteiger partial charge is 0.216 e. The van der Waals surface area contributed by atoms with Crippen molar-refractivity contribution in [3.8, 4) is 0 Å². The normalized spacial score (nSPS) is 11.9. The Hall–Kier alpha value is -1.89. The average Bonchev–Trinajstić information content (AvgIpc) is 2.95. The monoisotopic (exact) mass is 335 g/mol. The molecule has 0 radical (unpaired) electrons. The number of benzene rings is 2. The number of halogens is 1. The van der Waals surface area contributed by atoms with Crippen LogP contribution in [0.25, 0.3) is 11.0 Å². The second-order valence-electron chi connectivity index (χ2n) is 4.96. The zero-order valence-electron chi connectivity index (χ0n) is 11.6. The molecule has 0 aliphatic carbocycles. The molecule has 2 aromatic carbocycles. The first-order chi connectivity index (χ1) is 10.5. The lowest BCUT2D eigenvalue weighted by atomic mass is 10.2. The highest BCUT2D eigenvalue weighted by atomic mass is 35.5. The second kappa shape index (κ2) is 6.08. The van der Waals surface area contributed by atoms with E-state index in [-0.39, 0.29) is 12.3 Å². The van der Waals surface area contributed by atoms with Gasteiger partial charge in [-0.05, 0) is 35.4 Å². The minimum Gasteiger partial charge on any atom is -0.345 e. The first-order valence-electron chi connectivity index (χ1n) is 6.66. The molecule has 0 spiro atoms. The molecule has 2 N–H and O–H groups in total. The van der Waals surface area contributed by atoms with Gasteiger partial charge in [0.1, 0.15) is 0 Å². The highest BCUT2D eigenvalue weighted by Crippen LogP contribution is 2.13. The summed E-state index contributed by atoms with van der Waals surface area (Å²) in [6, 6.07) is 12.4. The van der Waals surface area contributed by atoms with Crippen LogP contribution in [0.1, 0.15) is 11.1 Å². The van der Waals surface area contributed by atoms with E-state index in [2.05, 4.69) is 14.7 Å². The Kier molecular flexibility index (Phi) is 4.15. The molecule has 1 aromatic heterocycles. The molecule has 0 saturated heterocycles. The quantitative estimate of drug-likeness (QED) is 0.753. The van der Waals surface area contributed by atoms with E-state index in [1.165, 1.54) is 0 Å². The predicted molar refractivity (Wildman–Crippen MR) is 87.0 cm³/mol. The summed E-state index contributed by atoms with van der Waals surface area (Å²) in [7, 11) is -3.40. The first-order valence-corrected chi connectivity index (χ1v) is 8.69. The molecule has 3 aromatic rings. The Bertz CT molecular complexity index is 889. The van der Waals surface area contributed by atoms with Crippen molar-refractivity contribution in [3.05, 3.63) is 64.9 Å². The highest BCUT2D eigenvalue weighted by Gasteiger charge is 2.11. The van der Waals surface area contributed by atoms with Crippen molar-refractivity contribution in [2.75, 3.05) is 0 Å². The van der Waals surface area contributed by atoms with Crippen LogP contribution >= 0.6 is 11.6 Å². The van der Waals surface area contributed by atoms with E-state index < -0.39 is 10.0 Å². The Labute approximate surface area is 133 Å². The molecule has 1 heterocycles. The van der Waals surface area contributed by atoms with E-state index in [0.717, 1.165) is 16.6 Å². The van der Waals surface area contributed by atoms with Crippen LogP contribution in [-0.4, -0.2) is 18.4 Å². The minimum absolute atomic E-state index is 0.0729. The minimum atomic E-state index is -3.40.